The highest BCUT2D eigenvalue weighted by Gasteiger charge is 2.17. The summed E-state index contributed by atoms with van der Waals surface area (Å²) in [6.45, 7) is 3.80. The number of methoxy groups -OCH3 is 3. The van der Waals surface area contributed by atoms with Crippen molar-refractivity contribution in [3.63, 3.8) is 0 Å². The first-order chi connectivity index (χ1) is 8.53. The highest BCUT2D eigenvalue weighted by molar-refractivity contribution is 7.59. The monoisotopic (exact) mass is 287 g/mol. The van der Waals surface area contributed by atoms with E-state index in [-0.39, 0.29) is 25.4 Å². The third-order valence-corrected chi connectivity index (χ3v) is 2.35. The van der Waals surface area contributed by atoms with Gasteiger partial charge in [0, 0.05) is 11.6 Å². The molecule has 0 aliphatic rings. The quantitative estimate of drug-likeness (QED) is 0.899. The van der Waals surface area contributed by atoms with E-state index in [1.54, 1.807) is 12.1 Å². The molecule has 0 atom stereocenters. The third kappa shape index (κ3) is 4.24. The lowest BCUT2D eigenvalue weighted by atomic mass is 10.1. The van der Waals surface area contributed by atoms with Gasteiger partial charge in [0.25, 0.3) is 5.91 Å². The molecule has 5 nitrogen and oxygen atoms in total. The summed E-state index contributed by atoms with van der Waals surface area (Å²) in [5, 5.41) is 2.81. The first-order valence-electron chi connectivity index (χ1n) is 5.64. The molecular formula is C13H21NO4S. The Labute approximate surface area is 120 Å². The Balaban J connectivity index is 0.00000324. The molecule has 1 amide bonds. The molecule has 108 valence electrons. The molecule has 1 aromatic carbocycles. The Morgan fingerprint density at radius 3 is 1.84 bits per heavy atom. The molecular weight excluding hydrogens is 266 g/mol. The van der Waals surface area contributed by atoms with Crippen LogP contribution in [0.4, 0.5) is 0 Å². The highest BCUT2D eigenvalue weighted by atomic mass is 32.1. The average molecular weight is 287 g/mol. The lowest BCUT2D eigenvalue weighted by Crippen LogP contribution is -2.30. The second-order valence-corrected chi connectivity index (χ2v) is 4.04. The second kappa shape index (κ2) is 7.78. The van der Waals surface area contributed by atoms with Crippen LogP contribution in [-0.4, -0.2) is 33.3 Å². The van der Waals surface area contributed by atoms with Gasteiger partial charge in [0.1, 0.15) is 0 Å². The minimum absolute atomic E-state index is 0. The molecule has 6 heteroatoms. The SMILES string of the molecule is COc1cc(C(=O)NC(C)C)cc(OC)c1OC.S. The number of hydrogen-bond acceptors (Lipinski definition) is 4. The number of hydrogen-bond donors (Lipinski definition) is 1. The van der Waals surface area contributed by atoms with Crippen LogP contribution in [0.1, 0.15) is 24.2 Å². The predicted octanol–water partition coefficient (Wildman–Crippen LogP) is 1.96. The molecule has 19 heavy (non-hydrogen) atoms. The molecule has 0 radical (unpaired) electrons. The number of benzene rings is 1. The first kappa shape index (κ1) is 17.4. The molecule has 0 aromatic heterocycles. The number of carbonyl (C=O) groups is 1. The van der Waals surface area contributed by atoms with Crippen molar-refractivity contribution >= 4 is 19.4 Å². The van der Waals surface area contributed by atoms with Gasteiger partial charge in [-0.25, -0.2) is 0 Å². The Kier molecular flexibility index (Phi) is 7.14. The standard InChI is InChI=1S/C13H19NO4.H2S/c1-8(2)14-13(15)9-6-10(16-3)12(18-5)11(7-9)17-4;/h6-8H,1-5H3,(H,14,15);1H2. The maximum absolute atomic E-state index is 11.9. The molecule has 0 aliphatic heterocycles. The second-order valence-electron chi connectivity index (χ2n) is 4.04. The van der Waals surface area contributed by atoms with Crippen LogP contribution in [0.5, 0.6) is 17.2 Å². The van der Waals surface area contributed by atoms with E-state index in [4.69, 9.17) is 14.2 Å². The molecule has 0 saturated heterocycles. The normalized spacial score (nSPS) is 9.58. The van der Waals surface area contributed by atoms with Crippen LogP contribution in [-0.2, 0) is 0 Å². The molecule has 0 heterocycles. The van der Waals surface area contributed by atoms with Gasteiger partial charge < -0.3 is 19.5 Å². The molecule has 0 spiro atoms. The van der Waals surface area contributed by atoms with Gasteiger partial charge in [-0.2, -0.15) is 13.5 Å². The van der Waals surface area contributed by atoms with Gasteiger partial charge in [-0.3, -0.25) is 4.79 Å². The van der Waals surface area contributed by atoms with Crippen molar-refractivity contribution in [3.05, 3.63) is 17.7 Å². The Morgan fingerprint density at radius 2 is 1.53 bits per heavy atom. The van der Waals surface area contributed by atoms with Crippen LogP contribution in [0.3, 0.4) is 0 Å². The number of carbonyl (C=O) groups excluding carboxylic acids is 1. The van der Waals surface area contributed by atoms with Gasteiger partial charge in [-0.15, -0.1) is 0 Å². The summed E-state index contributed by atoms with van der Waals surface area (Å²) in [5.41, 5.74) is 0.471. The van der Waals surface area contributed by atoms with Gasteiger partial charge in [0.2, 0.25) is 5.75 Å². The van der Waals surface area contributed by atoms with E-state index >= 15 is 0 Å². The largest absolute Gasteiger partial charge is 0.493 e. The molecule has 0 unspecified atom stereocenters. The molecule has 0 bridgehead atoms. The van der Waals surface area contributed by atoms with Gasteiger partial charge in [0.15, 0.2) is 11.5 Å². The van der Waals surface area contributed by atoms with Crippen molar-refractivity contribution in [1.29, 1.82) is 0 Å². The smallest absolute Gasteiger partial charge is 0.251 e. The molecule has 1 N–H and O–H groups in total. The molecule has 0 aliphatic carbocycles. The summed E-state index contributed by atoms with van der Waals surface area (Å²) < 4.78 is 15.6. The van der Waals surface area contributed by atoms with E-state index in [1.807, 2.05) is 13.8 Å². The maximum atomic E-state index is 11.9. The van der Waals surface area contributed by atoms with Crippen LogP contribution in [0, 0.1) is 0 Å². The molecule has 0 saturated carbocycles. The Bertz CT molecular complexity index is 410. The zero-order valence-corrected chi connectivity index (χ0v) is 12.9. The number of ether oxygens (including phenoxy) is 3. The average Bonchev–Trinajstić information content (AvgIpc) is 2.35. The van der Waals surface area contributed by atoms with Crippen molar-refractivity contribution in [1.82, 2.24) is 5.32 Å². The summed E-state index contributed by atoms with van der Waals surface area (Å²) in [6.07, 6.45) is 0. The van der Waals surface area contributed by atoms with Crippen LogP contribution in [0.25, 0.3) is 0 Å². The van der Waals surface area contributed by atoms with Crippen molar-refractivity contribution in [2.24, 2.45) is 0 Å². The summed E-state index contributed by atoms with van der Waals surface area (Å²) in [6, 6.07) is 3.31. The zero-order valence-electron chi connectivity index (χ0n) is 11.9. The van der Waals surface area contributed by atoms with Crippen LogP contribution in [0.2, 0.25) is 0 Å². The number of nitrogens with one attached hydrogen (secondary N) is 1. The Hall–Kier alpha value is -1.56. The van der Waals surface area contributed by atoms with E-state index in [9.17, 15) is 4.79 Å². The van der Waals surface area contributed by atoms with Crippen molar-refractivity contribution < 1.29 is 19.0 Å². The minimum atomic E-state index is -0.177. The fourth-order valence-corrected chi connectivity index (χ4v) is 1.56. The summed E-state index contributed by atoms with van der Waals surface area (Å²) >= 11 is 0. The van der Waals surface area contributed by atoms with Gasteiger partial charge in [-0.1, -0.05) is 0 Å². The molecule has 1 aromatic rings. The van der Waals surface area contributed by atoms with Crippen LogP contribution in [0.15, 0.2) is 12.1 Å². The van der Waals surface area contributed by atoms with Crippen molar-refractivity contribution in [2.75, 3.05) is 21.3 Å². The summed E-state index contributed by atoms with van der Waals surface area (Å²) in [4.78, 5) is 11.9. The summed E-state index contributed by atoms with van der Waals surface area (Å²) in [7, 11) is 4.55. The van der Waals surface area contributed by atoms with E-state index < -0.39 is 0 Å². The summed E-state index contributed by atoms with van der Waals surface area (Å²) in [5.74, 6) is 1.22. The van der Waals surface area contributed by atoms with E-state index in [2.05, 4.69) is 5.32 Å². The molecule has 1 rings (SSSR count). The van der Waals surface area contributed by atoms with Gasteiger partial charge in [0.05, 0.1) is 21.3 Å². The third-order valence-electron chi connectivity index (χ3n) is 2.35. The fraction of sp³-hybridized carbons (Fsp3) is 0.462. The lowest BCUT2D eigenvalue weighted by Gasteiger charge is -2.14. The van der Waals surface area contributed by atoms with Crippen molar-refractivity contribution in [3.8, 4) is 17.2 Å². The van der Waals surface area contributed by atoms with E-state index in [0.717, 1.165) is 0 Å². The van der Waals surface area contributed by atoms with Gasteiger partial charge in [-0.05, 0) is 26.0 Å². The molecule has 0 fully saturated rings. The topological polar surface area (TPSA) is 56.8 Å². The lowest BCUT2D eigenvalue weighted by molar-refractivity contribution is 0.0942. The number of amides is 1. The minimum Gasteiger partial charge on any atom is -0.493 e. The van der Waals surface area contributed by atoms with Crippen molar-refractivity contribution in [2.45, 2.75) is 19.9 Å². The van der Waals surface area contributed by atoms with E-state index in [1.165, 1.54) is 21.3 Å². The fourth-order valence-electron chi connectivity index (χ4n) is 1.56. The number of rotatable bonds is 5. The zero-order chi connectivity index (χ0) is 13.7. The Morgan fingerprint density at radius 1 is 1.05 bits per heavy atom. The maximum Gasteiger partial charge on any atom is 0.251 e. The predicted molar refractivity (Wildman–Crippen MR) is 79.1 cm³/mol. The van der Waals surface area contributed by atoms with Crippen LogP contribution >= 0.6 is 13.5 Å². The highest BCUT2D eigenvalue weighted by Crippen LogP contribution is 2.38. The van der Waals surface area contributed by atoms with Gasteiger partial charge >= 0.3 is 0 Å². The van der Waals surface area contributed by atoms with E-state index in [0.29, 0.717) is 22.8 Å². The first-order valence-corrected chi connectivity index (χ1v) is 5.64. The van der Waals surface area contributed by atoms with Crippen LogP contribution < -0.4 is 19.5 Å².